The van der Waals surface area contributed by atoms with Gasteiger partial charge in [-0.1, -0.05) is 0 Å². The number of rotatable bonds is 0. The molecular weight excluding hydrogens is 162 g/mol. The predicted octanol–water partition coefficient (Wildman–Crippen LogP) is -0.0244. The van der Waals surface area contributed by atoms with Crippen LogP contribution in [0.3, 0.4) is 0 Å². The van der Waals surface area contributed by atoms with Crippen LogP contribution in [0.2, 0.25) is 0 Å². The standard InChI is InChI=1S/C5H13N3.CH2O3/c1-6-5(7-2)8(3)4;2-1(3)4/h1-4H3,(H,6,7);(H2,2,3,4). The van der Waals surface area contributed by atoms with E-state index in [9.17, 15) is 0 Å². The van der Waals surface area contributed by atoms with Crippen molar-refractivity contribution in [1.82, 2.24) is 10.2 Å². The summed E-state index contributed by atoms with van der Waals surface area (Å²) in [6.45, 7) is 0. The second-order valence-corrected chi connectivity index (χ2v) is 1.97. The van der Waals surface area contributed by atoms with E-state index in [0.29, 0.717) is 0 Å². The van der Waals surface area contributed by atoms with Crippen LogP contribution in [-0.2, 0) is 0 Å². The quantitative estimate of drug-likeness (QED) is 0.357. The summed E-state index contributed by atoms with van der Waals surface area (Å²) < 4.78 is 0. The molecule has 0 aliphatic rings. The predicted molar refractivity (Wildman–Crippen MR) is 46.8 cm³/mol. The lowest BCUT2D eigenvalue weighted by Crippen LogP contribution is -2.33. The Balaban J connectivity index is 0. The summed E-state index contributed by atoms with van der Waals surface area (Å²) in [7, 11) is 7.49. The van der Waals surface area contributed by atoms with Crippen molar-refractivity contribution in [3.8, 4) is 0 Å². The van der Waals surface area contributed by atoms with Gasteiger partial charge in [-0.25, -0.2) is 4.79 Å². The number of carboxylic acid groups (broad SMARTS) is 2. The Labute approximate surface area is 71.5 Å². The zero-order chi connectivity index (χ0) is 10.1. The number of guanidine groups is 1. The first-order valence-electron chi connectivity index (χ1n) is 3.19. The third kappa shape index (κ3) is 11.4. The number of carbonyl (C=O) groups is 1. The van der Waals surface area contributed by atoms with Crippen LogP contribution < -0.4 is 5.32 Å². The molecule has 0 atom stereocenters. The average Bonchev–Trinajstić information content (AvgIpc) is 1.87. The van der Waals surface area contributed by atoms with Crippen LogP contribution in [0.5, 0.6) is 0 Å². The fourth-order valence-corrected chi connectivity index (χ4v) is 0.535. The number of nitrogens with one attached hydrogen (secondary N) is 1. The summed E-state index contributed by atoms with van der Waals surface area (Å²) in [5.41, 5.74) is 0. The highest BCUT2D eigenvalue weighted by Gasteiger charge is 1.91. The largest absolute Gasteiger partial charge is 0.503 e. The number of hydrogen-bond acceptors (Lipinski definition) is 2. The summed E-state index contributed by atoms with van der Waals surface area (Å²) in [6.07, 6.45) is -1.83. The zero-order valence-electron chi connectivity index (χ0n) is 7.70. The van der Waals surface area contributed by atoms with E-state index in [0.717, 1.165) is 5.96 Å². The molecule has 0 saturated heterocycles. The molecule has 0 saturated carbocycles. The van der Waals surface area contributed by atoms with Crippen LogP contribution in [-0.4, -0.2) is 55.4 Å². The molecule has 0 spiro atoms. The SMILES string of the molecule is C/N=C(\NC)N(C)C.O=C(O)O. The lowest BCUT2D eigenvalue weighted by molar-refractivity contribution is 0.137. The maximum Gasteiger partial charge on any atom is 0.503 e. The van der Waals surface area contributed by atoms with Crippen molar-refractivity contribution >= 4 is 12.1 Å². The van der Waals surface area contributed by atoms with Crippen molar-refractivity contribution in [2.24, 2.45) is 4.99 Å². The maximum atomic E-state index is 8.56. The van der Waals surface area contributed by atoms with Gasteiger partial charge in [-0.3, -0.25) is 4.99 Å². The first-order valence-corrected chi connectivity index (χ1v) is 3.19. The van der Waals surface area contributed by atoms with Gasteiger partial charge >= 0.3 is 6.16 Å². The summed E-state index contributed by atoms with van der Waals surface area (Å²) >= 11 is 0. The Morgan fingerprint density at radius 3 is 1.75 bits per heavy atom. The van der Waals surface area contributed by atoms with Crippen molar-refractivity contribution in [3.63, 3.8) is 0 Å². The van der Waals surface area contributed by atoms with Crippen molar-refractivity contribution < 1.29 is 15.0 Å². The Morgan fingerprint density at radius 1 is 1.42 bits per heavy atom. The maximum absolute atomic E-state index is 8.56. The molecule has 0 unspecified atom stereocenters. The molecule has 0 radical (unpaired) electrons. The molecule has 0 heterocycles. The highest BCUT2D eigenvalue weighted by molar-refractivity contribution is 5.78. The minimum absolute atomic E-state index is 0.894. The fourth-order valence-electron chi connectivity index (χ4n) is 0.535. The monoisotopic (exact) mass is 177 g/mol. The lowest BCUT2D eigenvalue weighted by Gasteiger charge is -2.12. The Morgan fingerprint density at radius 2 is 1.75 bits per heavy atom. The van der Waals surface area contributed by atoms with Crippen LogP contribution >= 0.6 is 0 Å². The van der Waals surface area contributed by atoms with E-state index in [1.807, 2.05) is 26.0 Å². The van der Waals surface area contributed by atoms with Gasteiger partial charge in [0, 0.05) is 28.2 Å². The van der Waals surface area contributed by atoms with Crippen LogP contribution in [0.25, 0.3) is 0 Å². The summed E-state index contributed by atoms with van der Waals surface area (Å²) in [6, 6.07) is 0. The molecule has 0 rings (SSSR count). The van der Waals surface area contributed by atoms with E-state index >= 15 is 0 Å². The van der Waals surface area contributed by atoms with Crippen molar-refractivity contribution in [2.45, 2.75) is 0 Å². The van der Waals surface area contributed by atoms with Gasteiger partial charge in [0.05, 0.1) is 0 Å². The van der Waals surface area contributed by atoms with E-state index < -0.39 is 6.16 Å². The molecular formula is C6H15N3O3. The minimum atomic E-state index is -1.83. The molecule has 6 nitrogen and oxygen atoms in total. The molecule has 72 valence electrons. The van der Waals surface area contributed by atoms with Gasteiger partial charge in [0.2, 0.25) is 0 Å². The van der Waals surface area contributed by atoms with Crippen LogP contribution in [0.4, 0.5) is 4.79 Å². The van der Waals surface area contributed by atoms with E-state index in [1.165, 1.54) is 0 Å². The van der Waals surface area contributed by atoms with Crippen molar-refractivity contribution in [1.29, 1.82) is 0 Å². The van der Waals surface area contributed by atoms with Crippen LogP contribution in [0.1, 0.15) is 0 Å². The normalized spacial score (nSPS) is 9.50. The first kappa shape index (κ1) is 13.2. The molecule has 0 aromatic heterocycles. The second kappa shape index (κ2) is 7.64. The average molecular weight is 177 g/mol. The third-order valence-corrected chi connectivity index (χ3v) is 0.859. The highest BCUT2D eigenvalue weighted by atomic mass is 16.6. The number of aliphatic imine (C=N–C) groups is 1. The van der Waals surface area contributed by atoms with E-state index in [4.69, 9.17) is 15.0 Å². The highest BCUT2D eigenvalue weighted by Crippen LogP contribution is 1.73. The third-order valence-electron chi connectivity index (χ3n) is 0.859. The van der Waals surface area contributed by atoms with Crippen LogP contribution in [0, 0.1) is 0 Å². The van der Waals surface area contributed by atoms with Crippen LogP contribution in [0.15, 0.2) is 4.99 Å². The van der Waals surface area contributed by atoms with E-state index in [2.05, 4.69) is 10.3 Å². The van der Waals surface area contributed by atoms with Crippen molar-refractivity contribution in [3.05, 3.63) is 0 Å². The molecule has 3 N–H and O–H groups in total. The van der Waals surface area contributed by atoms with Gasteiger partial charge in [0.15, 0.2) is 5.96 Å². The first-order chi connectivity index (χ1) is 5.45. The molecule has 0 aromatic rings. The lowest BCUT2D eigenvalue weighted by atomic mass is 10.8. The van der Waals surface area contributed by atoms with Gasteiger partial charge in [0.1, 0.15) is 0 Å². The topological polar surface area (TPSA) is 85.2 Å². The number of hydrogen-bond donors (Lipinski definition) is 3. The zero-order valence-corrected chi connectivity index (χ0v) is 7.70. The van der Waals surface area contributed by atoms with E-state index in [-0.39, 0.29) is 0 Å². The molecule has 0 aliphatic carbocycles. The van der Waals surface area contributed by atoms with Gasteiger partial charge in [-0.15, -0.1) is 0 Å². The van der Waals surface area contributed by atoms with Crippen molar-refractivity contribution in [2.75, 3.05) is 28.2 Å². The molecule has 6 heteroatoms. The Kier molecular flexibility index (Phi) is 8.38. The Hall–Kier alpha value is -1.46. The molecule has 0 bridgehead atoms. The summed E-state index contributed by atoms with van der Waals surface area (Å²) in [4.78, 5) is 14.4. The summed E-state index contributed by atoms with van der Waals surface area (Å²) in [5, 5.41) is 16.9. The fraction of sp³-hybridized carbons (Fsp3) is 0.667. The molecule has 0 aliphatic heterocycles. The molecule has 0 fully saturated rings. The van der Waals surface area contributed by atoms with E-state index in [1.54, 1.807) is 7.05 Å². The minimum Gasteiger partial charge on any atom is -0.450 e. The summed E-state index contributed by atoms with van der Waals surface area (Å²) in [5.74, 6) is 0.894. The number of nitrogens with zero attached hydrogens (tertiary/aromatic N) is 2. The molecule has 0 amide bonds. The molecule has 12 heavy (non-hydrogen) atoms. The van der Waals surface area contributed by atoms with Gasteiger partial charge in [-0.2, -0.15) is 0 Å². The second-order valence-electron chi connectivity index (χ2n) is 1.97. The smallest absolute Gasteiger partial charge is 0.450 e. The van der Waals surface area contributed by atoms with Gasteiger partial charge in [-0.05, 0) is 0 Å². The molecule has 0 aromatic carbocycles. The Bertz CT molecular complexity index is 152. The van der Waals surface area contributed by atoms with Gasteiger partial charge in [0.25, 0.3) is 0 Å². The van der Waals surface area contributed by atoms with Gasteiger partial charge < -0.3 is 20.4 Å².